The molecule has 34 heavy (non-hydrogen) atoms. The summed E-state index contributed by atoms with van der Waals surface area (Å²) in [6.45, 7) is 4.87. The zero-order chi connectivity index (χ0) is 23.8. The predicted molar refractivity (Wildman–Crippen MR) is 130 cm³/mol. The minimum absolute atomic E-state index is 0.233. The molecule has 0 radical (unpaired) electrons. The van der Waals surface area contributed by atoms with E-state index in [1.807, 2.05) is 29.9 Å². The van der Waals surface area contributed by atoms with Crippen LogP contribution >= 0.6 is 0 Å². The highest BCUT2D eigenvalue weighted by atomic mass is 16.5. The van der Waals surface area contributed by atoms with Gasteiger partial charge in [-0.3, -0.25) is 4.79 Å². The van der Waals surface area contributed by atoms with E-state index in [0.717, 1.165) is 46.9 Å². The van der Waals surface area contributed by atoms with Gasteiger partial charge in [-0.2, -0.15) is 5.10 Å². The largest absolute Gasteiger partial charge is 0.383 e. The van der Waals surface area contributed by atoms with Crippen LogP contribution in [0.15, 0.2) is 30.9 Å². The Morgan fingerprint density at radius 2 is 1.97 bits per heavy atom. The van der Waals surface area contributed by atoms with Crippen LogP contribution in [0.1, 0.15) is 39.0 Å². The van der Waals surface area contributed by atoms with E-state index in [0.29, 0.717) is 57.3 Å². The monoisotopic (exact) mass is 465 g/mol. The Morgan fingerprint density at radius 3 is 2.85 bits per heavy atom. The molecule has 0 aliphatic rings. The summed E-state index contributed by atoms with van der Waals surface area (Å²) in [6.07, 6.45) is 8.77. The zero-order valence-corrected chi connectivity index (χ0v) is 19.5. The highest BCUT2D eigenvalue weighted by Crippen LogP contribution is 2.31. The normalized spacial score (nSPS) is 11.6. The number of H-pyrrole nitrogens is 1. The Kier molecular flexibility index (Phi) is 8.16. The fraction of sp³-hybridized carbons (Fsp3) is 0.458. The van der Waals surface area contributed by atoms with Crippen molar-refractivity contribution in [2.45, 2.75) is 45.6 Å². The molecule has 4 aromatic heterocycles. The average Bonchev–Trinajstić information content (AvgIpc) is 3.46. The lowest BCUT2D eigenvalue weighted by atomic mass is 10.1. The van der Waals surface area contributed by atoms with Gasteiger partial charge in [0.2, 0.25) is 0 Å². The van der Waals surface area contributed by atoms with Crippen LogP contribution in [0.3, 0.4) is 0 Å². The lowest BCUT2D eigenvalue weighted by molar-refractivity contribution is -0.120. The summed E-state index contributed by atoms with van der Waals surface area (Å²) in [5.41, 5.74) is 9.32. The van der Waals surface area contributed by atoms with E-state index in [4.69, 9.17) is 20.3 Å². The van der Waals surface area contributed by atoms with E-state index < -0.39 is 0 Å². The van der Waals surface area contributed by atoms with Gasteiger partial charge in [0.1, 0.15) is 29.3 Å². The lowest BCUT2D eigenvalue weighted by Gasteiger charge is -2.05. The predicted octanol–water partition coefficient (Wildman–Crippen LogP) is 3.52. The molecule has 0 spiro atoms. The number of carbonyl (C=O) groups is 1. The SMILES string of the molecule is CCOCCOCCC(=O)CCCCCn1nc(-c2cnc3[nH]ccc3c2)c2c(N)ncnc21. The molecule has 4 aromatic rings. The van der Waals surface area contributed by atoms with Crippen LogP contribution in [0.25, 0.3) is 33.3 Å². The Labute approximate surface area is 197 Å². The molecule has 0 saturated heterocycles. The number of aromatic amines is 1. The summed E-state index contributed by atoms with van der Waals surface area (Å²) in [7, 11) is 0. The first kappa shape index (κ1) is 23.8. The van der Waals surface area contributed by atoms with Crippen LogP contribution in [-0.2, 0) is 20.8 Å². The molecule has 0 bridgehead atoms. The second kappa shape index (κ2) is 11.7. The number of Topliss-reactive ketones (excluding diaryl/α,β-unsaturated/α-hetero) is 1. The number of nitrogens with two attached hydrogens (primary N) is 1. The number of ether oxygens (including phenoxy) is 2. The molecule has 0 aliphatic carbocycles. The van der Waals surface area contributed by atoms with E-state index in [1.165, 1.54) is 6.33 Å². The molecule has 0 aliphatic heterocycles. The third-order valence-corrected chi connectivity index (χ3v) is 5.66. The Morgan fingerprint density at radius 1 is 1.09 bits per heavy atom. The van der Waals surface area contributed by atoms with Crippen LogP contribution in [0.5, 0.6) is 0 Å². The van der Waals surface area contributed by atoms with Crippen molar-refractivity contribution in [1.29, 1.82) is 0 Å². The van der Waals surface area contributed by atoms with Gasteiger partial charge in [0.25, 0.3) is 0 Å². The number of hydrogen-bond donors (Lipinski definition) is 2. The third kappa shape index (κ3) is 5.75. The first-order valence-corrected chi connectivity index (χ1v) is 11.7. The molecule has 4 rings (SSSR count). The number of nitrogens with zero attached hydrogens (tertiary/aromatic N) is 5. The summed E-state index contributed by atoms with van der Waals surface area (Å²) in [6, 6.07) is 4.00. The van der Waals surface area contributed by atoms with Crippen molar-refractivity contribution < 1.29 is 14.3 Å². The van der Waals surface area contributed by atoms with Crippen molar-refractivity contribution in [2.24, 2.45) is 0 Å². The smallest absolute Gasteiger partial charge is 0.163 e. The van der Waals surface area contributed by atoms with Gasteiger partial charge in [0.05, 0.1) is 25.2 Å². The van der Waals surface area contributed by atoms with Crippen molar-refractivity contribution in [2.75, 3.05) is 32.2 Å². The quantitative estimate of drug-likeness (QED) is 0.270. The van der Waals surface area contributed by atoms with Gasteiger partial charge >= 0.3 is 0 Å². The Hall–Kier alpha value is -3.37. The third-order valence-electron chi connectivity index (χ3n) is 5.66. The second-order valence-electron chi connectivity index (χ2n) is 8.08. The molecular formula is C24H31N7O3. The van der Waals surface area contributed by atoms with Gasteiger partial charge in [-0.25, -0.2) is 19.6 Å². The molecular weight excluding hydrogens is 434 g/mol. The number of anilines is 1. The number of aromatic nitrogens is 6. The van der Waals surface area contributed by atoms with E-state index in [1.54, 1.807) is 6.20 Å². The van der Waals surface area contributed by atoms with E-state index >= 15 is 0 Å². The molecule has 0 aromatic carbocycles. The summed E-state index contributed by atoms with van der Waals surface area (Å²) in [4.78, 5) is 28.2. The van der Waals surface area contributed by atoms with Crippen LogP contribution in [0.4, 0.5) is 5.82 Å². The van der Waals surface area contributed by atoms with Gasteiger partial charge in [0, 0.05) is 49.3 Å². The number of rotatable bonds is 14. The number of unbranched alkanes of at least 4 members (excludes halogenated alkanes) is 2. The van der Waals surface area contributed by atoms with Crippen LogP contribution in [0.2, 0.25) is 0 Å². The number of carbonyl (C=O) groups excluding carboxylic acids is 1. The van der Waals surface area contributed by atoms with Crippen LogP contribution < -0.4 is 5.73 Å². The molecule has 180 valence electrons. The summed E-state index contributed by atoms with van der Waals surface area (Å²) in [5.74, 6) is 0.630. The van der Waals surface area contributed by atoms with Crippen molar-refractivity contribution >= 4 is 33.7 Å². The minimum Gasteiger partial charge on any atom is -0.383 e. The fourth-order valence-electron chi connectivity index (χ4n) is 3.89. The summed E-state index contributed by atoms with van der Waals surface area (Å²) < 4.78 is 12.5. The number of nitrogens with one attached hydrogen (secondary N) is 1. The Bertz CT molecular complexity index is 1230. The molecule has 0 amide bonds. The number of pyridine rings is 1. The highest BCUT2D eigenvalue weighted by Gasteiger charge is 2.17. The maximum Gasteiger partial charge on any atom is 0.163 e. The lowest BCUT2D eigenvalue weighted by Crippen LogP contribution is -2.08. The number of aryl methyl sites for hydroxylation is 1. The topological polar surface area (TPSA) is 134 Å². The molecule has 0 unspecified atom stereocenters. The van der Waals surface area contributed by atoms with E-state index in [-0.39, 0.29) is 5.78 Å². The second-order valence-corrected chi connectivity index (χ2v) is 8.08. The zero-order valence-electron chi connectivity index (χ0n) is 19.5. The first-order chi connectivity index (χ1) is 16.7. The van der Waals surface area contributed by atoms with Crippen molar-refractivity contribution in [3.8, 4) is 11.3 Å². The van der Waals surface area contributed by atoms with E-state index in [2.05, 4.69) is 19.9 Å². The standard InChI is InChI=1S/C24H31N7O3/c1-2-33-12-13-34-11-8-19(32)6-4-3-5-10-31-24-20(22(25)28-16-29-24)21(30-31)18-14-17-7-9-26-23(17)27-15-18/h7,9,14-16H,2-6,8,10-13H2,1H3,(H,26,27)(H2,25,28,29). The number of hydrogen-bond acceptors (Lipinski definition) is 8. The number of ketones is 1. The van der Waals surface area contributed by atoms with Gasteiger partial charge in [-0.15, -0.1) is 0 Å². The van der Waals surface area contributed by atoms with Gasteiger partial charge in [0.15, 0.2) is 5.65 Å². The van der Waals surface area contributed by atoms with Gasteiger partial charge in [-0.05, 0) is 31.9 Å². The Balaban J connectivity index is 1.32. The number of fused-ring (bicyclic) bond motifs is 2. The maximum absolute atomic E-state index is 12.0. The van der Waals surface area contributed by atoms with Gasteiger partial charge in [-0.1, -0.05) is 6.42 Å². The van der Waals surface area contributed by atoms with Crippen molar-refractivity contribution in [1.82, 2.24) is 29.7 Å². The van der Waals surface area contributed by atoms with Crippen molar-refractivity contribution in [3.05, 3.63) is 30.9 Å². The molecule has 10 nitrogen and oxygen atoms in total. The fourth-order valence-corrected chi connectivity index (χ4v) is 3.89. The summed E-state index contributed by atoms with van der Waals surface area (Å²) >= 11 is 0. The number of nitrogen functional groups attached to an aromatic ring is 1. The van der Waals surface area contributed by atoms with E-state index in [9.17, 15) is 4.79 Å². The summed E-state index contributed by atoms with van der Waals surface area (Å²) in [5, 5.41) is 6.54. The molecule has 0 fully saturated rings. The van der Waals surface area contributed by atoms with Crippen molar-refractivity contribution in [3.63, 3.8) is 0 Å². The minimum atomic E-state index is 0.233. The molecule has 0 saturated carbocycles. The molecule has 10 heteroatoms. The van der Waals surface area contributed by atoms with Crippen LogP contribution in [0, 0.1) is 0 Å². The maximum atomic E-state index is 12.0. The van der Waals surface area contributed by atoms with Gasteiger partial charge < -0.3 is 20.2 Å². The van der Waals surface area contributed by atoms with Crippen LogP contribution in [-0.4, -0.2) is 61.9 Å². The highest BCUT2D eigenvalue weighted by molar-refractivity contribution is 5.99. The molecule has 4 heterocycles. The first-order valence-electron chi connectivity index (χ1n) is 11.7. The molecule has 0 atom stereocenters. The molecule has 3 N–H and O–H groups in total. The average molecular weight is 466 g/mol.